The Morgan fingerprint density at radius 2 is 1.66 bits per heavy atom. The number of aliphatic carboxylic acids is 1. The predicted octanol–water partition coefficient (Wildman–Crippen LogP) is 1.59. The van der Waals surface area contributed by atoms with Gasteiger partial charge in [-0.25, -0.2) is 9.48 Å². The van der Waals surface area contributed by atoms with Crippen LogP contribution in [-0.4, -0.2) is 122 Å². The Balaban J connectivity index is 1.51. The molecule has 2 atom stereocenters. The molecule has 2 aliphatic rings. The van der Waals surface area contributed by atoms with E-state index in [2.05, 4.69) is 10.4 Å². The number of carboxylic acid groups (broad SMARTS) is 2. The van der Waals surface area contributed by atoms with Crippen molar-refractivity contribution in [3.63, 3.8) is 0 Å². The number of carbonyl (C=O) groups excluding carboxylic acids is 3. The van der Waals surface area contributed by atoms with Gasteiger partial charge in [-0.1, -0.05) is 18.2 Å². The molecule has 2 saturated heterocycles. The smallest absolute Gasteiger partial charge is 0.408 e. The van der Waals surface area contributed by atoms with Crippen molar-refractivity contribution in [3.8, 4) is 11.6 Å². The number of benzene rings is 1. The van der Waals surface area contributed by atoms with Crippen molar-refractivity contribution in [2.75, 3.05) is 39.3 Å². The van der Waals surface area contributed by atoms with Crippen molar-refractivity contribution in [3.05, 3.63) is 42.1 Å². The highest BCUT2D eigenvalue weighted by molar-refractivity contribution is 5.96. The van der Waals surface area contributed by atoms with Gasteiger partial charge >= 0.3 is 18.2 Å². The van der Waals surface area contributed by atoms with Crippen LogP contribution in [0.5, 0.6) is 5.88 Å². The fourth-order valence-electron chi connectivity index (χ4n) is 5.05. The summed E-state index contributed by atoms with van der Waals surface area (Å²) in [5, 5.41) is 25.0. The van der Waals surface area contributed by atoms with E-state index >= 15 is 0 Å². The maximum Gasteiger partial charge on any atom is 0.408 e. The Morgan fingerprint density at radius 1 is 1.00 bits per heavy atom. The number of amides is 4. The third-order valence-corrected chi connectivity index (χ3v) is 7.32. The van der Waals surface area contributed by atoms with Crippen LogP contribution in [-0.2, 0) is 14.4 Å². The highest BCUT2D eigenvalue weighted by Crippen LogP contribution is 2.32. The zero-order valence-electron chi connectivity index (χ0n) is 23.4. The van der Waals surface area contributed by atoms with Gasteiger partial charge in [0.1, 0.15) is 12.1 Å². The molecular formula is C27H31F3N6O8. The van der Waals surface area contributed by atoms with Crippen LogP contribution in [0.3, 0.4) is 0 Å². The van der Waals surface area contributed by atoms with Gasteiger partial charge in [0.25, 0.3) is 11.8 Å². The maximum atomic E-state index is 13.4. The monoisotopic (exact) mass is 624 g/mol. The molecule has 2 fully saturated rings. The first-order chi connectivity index (χ1) is 20.8. The maximum absolute atomic E-state index is 13.4. The summed E-state index contributed by atoms with van der Waals surface area (Å²) < 4.78 is 46.8. The van der Waals surface area contributed by atoms with E-state index in [0.717, 1.165) is 11.0 Å². The van der Waals surface area contributed by atoms with Crippen molar-refractivity contribution in [1.29, 1.82) is 0 Å². The van der Waals surface area contributed by atoms with Crippen LogP contribution in [0.2, 0.25) is 0 Å². The molecule has 2 aliphatic heterocycles. The van der Waals surface area contributed by atoms with Crippen molar-refractivity contribution in [1.82, 2.24) is 29.8 Å². The van der Waals surface area contributed by atoms with E-state index in [4.69, 9.17) is 9.84 Å². The number of ether oxygens (including phenoxy) is 1. The fourth-order valence-corrected chi connectivity index (χ4v) is 5.05. The van der Waals surface area contributed by atoms with Gasteiger partial charge in [0.15, 0.2) is 12.3 Å². The quantitative estimate of drug-likeness (QED) is 0.355. The van der Waals surface area contributed by atoms with Gasteiger partial charge in [0.05, 0.1) is 5.69 Å². The highest BCUT2D eigenvalue weighted by Gasteiger charge is 2.47. The summed E-state index contributed by atoms with van der Waals surface area (Å²) in [7, 11) is 0. The van der Waals surface area contributed by atoms with E-state index < -0.39 is 61.1 Å². The number of hydrogen-bond donors (Lipinski definition) is 3. The van der Waals surface area contributed by atoms with Gasteiger partial charge in [-0.05, 0) is 31.4 Å². The first-order valence-electron chi connectivity index (χ1n) is 13.8. The summed E-state index contributed by atoms with van der Waals surface area (Å²) in [5.74, 6) is -3.69. The molecule has 0 radical (unpaired) electrons. The lowest BCUT2D eigenvalue weighted by molar-refractivity contribution is -0.183. The molecule has 3 heterocycles. The average Bonchev–Trinajstić information content (AvgIpc) is 3.66. The standard InChI is InChI=1S/C27H31F3N6O8/c28-27(29,30)20-7-4-10-35(20)21(37)16-44-22-15-19(32-36(22)17-5-2-1-3-6-17)24(40)31-18(8-9-23(38)39)25(41)33-11-13-34(14-12-33)26(42)43/h1-3,5-6,15,18,20H,4,7-14,16H2,(H,31,40)(H,38,39)(H,42,43)/t18-,20-/m0/s1. The Hall–Kier alpha value is -4.83. The zero-order valence-corrected chi connectivity index (χ0v) is 23.4. The van der Waals surface area contributed by atoms with Crippen LogP contribution in [0.4, 0.5) is 18.0 Å². The van der Waals surface area contributed by atoms with E-state index in [1.807, 2.05) is 0 Å². The summed E-state index contributed by atoms with van der Waals surface area (Å²) in [4.78, 5) is 64.8. The molecule has 44 heavy (non-hydrogen) atoms. The number of alkyl halides is 3. The summed E-state index contributed by atoms with van der Waals surface area (Å²) in [6.07, 6.45) is -6.44. The molecule has 0 bridgehead atoms. The highest BCUT2D eigenvalue weighted by atomic mass is 19.4. The Bertz CT molecular complexity index is 1380. The van der Waals surface area contributed by atoms with E-state index in [1.54, 1.807) is 30.3 Å². The summed E-state index contributed by atoms with van der Waals surface area (Å²) in [6.45, 7) is -0.647. The minimum atomic E-state index is -4.58. The molecule has 4 amide bonds. The SMILES string of the molecule is O=C(O)CC[C@H](NC(=O)c1cc(OCC(=O)N2CCC[C@H]2C(F)(F)F)n(-c2ccccc2)n1)C(=O)N1CCN(C(=O)O)CC1. The van der Waals surface area contributed by atoms with Gasteiger partial charge in [0, 0.05) is 45.2 Å². The Kier molecular flexibility index (Phi) is 9.95. The van der Waals surface area contributed by atoms with Crippen LogP contribution < -0.4 is 10.1 Å². The molecule has 3 N–H and O–H groups in total. The summed E-state index contributed by atoms with van der Waals surface area (Å²) >= 11 is 0. The predicted molar refractivity (Wildman–Crippen MR) is 144 cm³/mol. The minimum absolute atomic E-state index is 0.0444. The van der Waals surface area contributed by atoms with Crippen molar-refractivity contribution < 1.29 is 52.1 Å². The number of carbonyl (C=O) groups is 5. The van der Waals surface area contributed by atoms with Crippen molar-refractivity contribution >= 4 is 29.8 Å². The second-order valence-electron chi connectivity index (χ2n) is 10.2. The number of para-hydroxylation sites is 1. The number of piperazine rings is 1. The fraction of sp³-hybridized carbons (Fsp3) is 0.481. The number of nitrogens with zero attached hydrogens (tertiary/aromatic N) is 5. The Labute approximate surface area is 248 Å². The summed E-state index contributed by atoms with van der Waals surface area (Å²) in [5.41, 5.74) is 0.132. The van der Waals surface area contributed by atoms with Gasteiger partial charge in [0.2, 0.25) is 11.8 Å². The van der Waals surface area contributed by atoms with Crippen molar-refractivity contribution in [2.24, 2.45) is 0 Å². The first kappa shape index (κ1) is 32.1. The zero-order chi connectivity index (χ0) is 32.0. The Morgan fingerprint density at radius 3 is 2.27 bits per heavy atom. The number of aromatic nitrogens is 2. The molecule has 1 aromatic heterocycles. The molecule has 1 aromatic carbocycles. The van der Waals surface area contributed by atoms with Gasteiger partial charge < -0.3 is 35.0 Å². The van der Waals surface area contributed by atoms with Crippen LogP contribution in [0.25, 0.3) is 5.69 Å². The minimum Gasteiger partial charge on any atom is -0.481 e. The number of rotatable bonds is 10. The largest absolute Gasteiger partial charge is 0.481 e. The van der Waals surface area contributed by atoms with Crippen LogP contribution >= 0.6 is 0 Å². The van der Waals surface area contributed by atoms with E-state index in [0.29, 0.717) is 10.6 Å². The molecule has 2 aromatic rings. The normalized spacial score (nSPS) is 17.7. The molecule has 238 valence electrons. The second kappa shape index (κ2) is 13.6. The molecule has 0 unspecified atom stereocenters. The van der Waals surface area contributed by atoms with Gasteiger partial charge in [-0.3, -0.25) is 19.2 Å². The molecule has 17 heteroatoms. The van der Waals surface area contributed by atoms with Crippen LogP contribution in [0.1, 0.15) is 36.2 Å². The van der Waals surface area contributed by atoms with Gasteiger partial charge in [-0.15, -0.1) is 0 Å². The van der Waals surface area contributed by atoms with Crippen molar-refractivity contribution in [2.45, 2.75) is 43.9 Å². The van der Waals surface area contributed by atoms with Crippen LogP contribution in [0.15, 0.2) is 36.4 Å². The second-order valence-corrected chi connectivity index (χ2v) is 10.2. The molecule has 14 nitrogen and oxygen atoms in total. The summed E-state index contributed by atoms with van der Waals surface area (Å²) in [6, 6.07) is 6.22. The lowest BCUT2D eigenvalue weighted by Gasteiger charge is -2.35. The third-order valence-electron chi connectivity index (χ3n) is 7.32. The first-order valence-corrected chi connectivity index (χ1v) is 13.8. The van der Waals surface area contributed by atoms with Gasteiger partial charge in [-0.2, -0.15) is 18.3 Å². The number of hydrogen-bond acceptors (Lipinski definition) is 7. The molecule has 4 rings (SSSR count). The number of halogens is 3. The van der Waals surface area contributed by atoms with Crippen LogP contribution in [0, 0.1) is 0 Å². The average molecular weight is 625 g/mol. The number of carboxylic acids is 1. The number of likely N-dealkylation sites (tertiary alicyclic amines) is 1. The molecule has 0 spiro atoms. The molecule has 0 aliphatic carbocycles. The lowest BCUT2D eigenvalue weighted by atomic mass is 10.1. The lowest BCUT2D eigenvalue weighted by Crippen LogP contribution is -2.55. The molecular weight excluding hydrogens is 593 g/mol. The van der Waals surface area contributed by atoms with E-state index in [9.17, 15) is 42.3 Å². The third kappa shape index (κ3) is 7.76. The van der Waals surface area contributed by atoms with E-state index in [-0.39, 0.29) is 63.6 Å². The number of nitrogens with one attached hydrogen (secondary N) is 1. The molecule has 0 saturated carbocycles. The van der Waals surface area contributed by atoms with E-state index in [1.165, 1.54) is 9.58 Å². The topological polar surface area (TPSA) is 175 Å².